The van der Waals surface area contributed by atoms with Crippen LogP contribution in [0.4, 0.5) is 17.5 Å². The zero-order chi connectivity index (χ0) is 13.1. The van der Waals surface area contributed by atoms with E-state index in [-0.39, 0.29) is 5.95 Å². The molecule has 0 bridgehead atoms. The Balaban J connectivity index is 2.28. The van der Waals surface area contributed by atoms with E-state index in [1.807, 2.05) is 13.0 Å². The van der Waals surface area contributed by atoms with E-state index in [2.05, 4.69) is 15.3 Å². The molecule has 0 aliphatic heterocycles. The van der Waals surface area contributed by atoms with Gasteiger partial charge in [0.2, 0.25) is 5.95 Å². The first-order valence-corrected chi connectivity index (χ1v) is 6.40. The van der Waals surface area contributed by atoms with Crippen LogP contribution in [-0.2, 0) is 11.0 Å². The summed E-state index contributed by atoms with van der Waals surface area (Å²) < 4.78 is 11.2. The average Bonchev–Trinajstić information content (AvgIpc) is 2.27. The number of nitrogens with one attached hydrogen (secondary N) is 1. The molecule has 6 nitrogen and oxygen atoms in total. The zero-order valence-electron chi connectivity index (χ0n) is 9.75. The number of hydrogen-bond donors (Lipinski definition) is 3. The summed E-state index contributed by atoms with van der Waals surface area (Å²) in [5.74, 6) is 0.788. The highest BCUT2D eigenvalue weighted by Crippen LogP contribution is 2.18. The Hall–Kier alpha value is -1.99. The van der Waals surface area contributed by atoms with Crippen molar-refractivity contribution < 1.29 is 4.21 Å². The molecular formula is C11H13N5OS. The number of nitrogen functional groups attached to an aromatic ring is 1. The van der Waals surface area contributed by atoms with Crippen LogP contribution in [-0.4, -0.2) is 14.2 Å². The molecule has 2 rings (SSSR count). The molecular weight excluding hydrogens is 250 g/mol. The molecule has 1 atom stereocenters. The summed E-state index contributed by atoms with van der Waals surface area (Å²) in [6.45, 7) is 1.83. The number of nitrogens with zero attached hydrogens (tertiary/aromatic N) is 2. The Morgan fingerprint density at radius 1 is 1.28 bits per heavy atom. The van der Waals surface area contributed by atoms with Crippen LogP contribution in [0, 0.1) is 6.92 Å². The van der Waals surface area contributed by atoms with E-state index in [1.54, 1.807) is 24.3 Å². The third-order valence-electron chi connectivity index (χ3n) is 2.21. The van der Waals surface area contributed by atoms with Crippen molar-refractivity contribution in [3.8, 4) is 0 Å². The number of nitrogens with two attached hydrogens (primary N) is 2. The van der Waals surface area contributed by atoms with Gasteiger partial charge in [-0.15, -0.1) is 0 Å². The Morgan fingerprint density at radius 2 is 2.06 bits per heavy atom. The molecule has 0 aliphatic rings. The highest BCUT2D eigenvalue weighted by molar-refractivity contribution is 7.82. The number of anilines is 3. The van der Waals surface area contributed by atoms with Gasteiger partial charge in [0, 0.05) is 17.4 Å². The highest BCUT2D eigenvalue weighted by atomic mass is 32.2. The fourth-order valence-corrected chi connectivity index (χ4v) is 1.96. The second-order valence-electron chi connectivity index (χ2n) is 3.70. The molecule has 1 aromatic heterocycles. The van der Waals surface area contributed by atoms with Gasteiger partial charge in [0.15, 0.2) is 0 Å². The molecule has 0 radical (unpaired) electrons. The number of aromatic nitrogens is 2. The monoisotopic (exact) mass is 263 g/mol. The summed E-state index contributed by atoms with van der Waals surface area (Å²) in [6.07, 6.45) is 0. The van der Waals surface area contributed by atoms with E-state index in [4.69, 9.17) is 10.9 Å². The first-order valence-electron chi connectivity index (χ1n) is 5.19. The maximum Gasteiger partial charge on any atom is 0.222 e. The predicted octanol–water partition coefficient (Wildman–Crippen LogP) is 1.09. The van der Waals surface area contributed by atoms with Gasteiger partial charge in [0.1, 0.15) is 16.8 Å². The number of aryl methyl sites for hydroxylation is 1. The fourth-order valence-electron chi connectivity index (χ4n) is 1.50. The molecule has 0 saturated heterocycles. The third kappa shape index (κ3) is 3.02. The van der Waals surface area contributed by atoms with Crippen LogP contribution < -0.4 is 16.2 Å². The molecule has 0 aliphatic carbocycles. The molecule has 0 fully saturated rings. The minimum atomic E-state index is -1.50. The topological polar surface area (TPSA) is 107 Å². The van der Waals surface area contributed by atoms with E-state index < -0.39 is 11.0 Å². The van der Waals surface area contributed by atoms with Crippen LogP contribution in [0.3, 0.4) is 0 Å². The van der Waals surface area contributed by atoms with Crippen molar-refractivity contribution in [2.75, 3.05) is 11.1 Å². The van der Waals surface area contributed by atoms with Gasteiger partial charge >= 0.3 is 0 Å². The van der Waals surface area contributed by atoms with Crippen LogP contribution in [0.15, 0.2) is 35.2 Å². The van der Waals surface area contributed by atoms with Crippen LogP contribution in [0.5, 0.6) is 0 Å². The lowest BCUT2D eigenvalue weighted by atomic mass is 10.3. The van der Waals surface area contributed by atoms with Crippen molar-refractivity contribution in [1.82, 2.24) is 9.97 Å². The van der Waals surface area contributed by atoms with Gasteiger partial charge in [-0.25, -0.2) is 14.3 Å². The first-order chi connectivity index (χ1) is 8.54. The fraction of sp³-hybridized carbons (Fsp3) is 0.0909. The van der Waals surface area contributed by atoms with E-state index in [0.717, 1.165) is 11.4 Å². The second-order valence-corrected chi connectivity index (χ2v) is 4.77. The van der Waals surface area contributed by atoms with Gasteiger partial charge in [0.05, 0.1) is 4.90 Å². The molecule has 18 heavy (non-hydrogen) atoms. The van der Waals surface area contributed by atoms with Crippen LogP contribution in [0.25, 0.3) is 0 Å². The SMILES string of the molecule is Cc1cc(Nc2cccc(S(N)=O)c2)nc(N)n1. The molecule has 0 saturated carbocycles. The minimum Gasteiger partial charge on any atom is -0.368 e. The summed E-state index contributed by atoms with van der Waals surface area (Å²) in [4.78, 5) is 8.57. The summed E-state index contributed by atoms with van der Waals surface area (Å²) in [5.41, 5.74) is 7.07. The Labute approximate surface area is 107 Å². The maximum absolute atomic E-state index is 11.2. The van der Waals surface area contributed by atoms with E-state index in [0.29, 0.717) is 10.7 Å². The Morgan fingerprint density at radius 3 is 2.72 bits per heavy atom. The summed E-state index contributed by atoms with van der Waals surface area (Å²) in [6, 6.07) is 8.75. The largest absolute Gasteiger partial charge is 0.368 e. The van der Waals surface area contributed by atoms with Gasteiger partial charge in [-0.2, -0.15) is 4.98 Å². The van der Waals surface area contributed by atoms with Gasteiger partial charge in [0.25, 0.3) is 0 Å². The van der Waals surface area contributed by atoms with Crippen molar-refractivity contribution in [1.29, 1.82) is 0 Å². The molecule has 0 amide bonds. The van der Waals surface area contributed by atoms with Crippen LogP contribution in [0.2, 0.25) is 0 Å². The van der Waals surface area contributed by atoms with Crippen LogP contribution >= 0.6 is 0 Å². The summed E-state index contributed by atoms with van der Waals surface area (Å²) in [7, 11) is -1.50. The lowest BCUT2D eigenvalue weighted by molar-refractivity contribution is 0.684. The minimum absolute atomic E-state index is 0.205. The molecule has 7 heteroatoms. The first kappa shape index (κ1) is 12.5. The normalized spacial score (nSPS) is 12.1. The molecule has 2 aromatic rings. The Bertz CT molecular complexity index is 581. The van der Waals surface area contributed by atoms with Gasteiger partial charge < -0.3 is 11.1 Å². The number of benzene rings is 1. The van der Waals surface area contributed by atoms with E-state index in [1.165, 1.54) is 0 Å². The Kier molecular flexibility index (Phi) is 3.54. The standard InChI is InChI=1S/C11H13N5OS/c1-7-5-10(16-11(12)14-7)15-8-3-2-4-9(6-8)18(13)17/h2-6H,13H2,1H3,(H3,12,14,15,16). The quantitative estimate of drug-likeness (QED) is 0.768. The summed E-state index contributed by atoms with van der Waals surface area (Å²) in [5, 5.41) is 8.38. The van der Waals surface area contributed by atoms with Crippen molar-refractivity contribution in [2.24, 2.45) is 5.14 Å². The zero-order valence-corrected chi connectivity index (χ0v) is 10.6. The van der Waals surface area contributed by atoms with Crippen molar-refractivity contribution in [3.63, 3.8) is 0 Å². The second kappa shape index (κ2) is 5.11. The smallest absolute Gasteiger partial charge is 0.222 e. The van der Waals surface area contributed by atoms with Crippen LogP contribution in [0.1, 0.15) is 5.69 Å². The van der Waals surface area contributed by atoms with Gasteiger partial charge in [-0.1, -0.05) is 6.07 Å². The average molecular weight is 263 g/mol. The van der Waals surface area contributed by atoms with Gasteiger partial charge in [-0.3, -0.25) is 0 Å². The molecule has 5 N–H and O–H groups in total. The maximum atomic E-state index is 11.2. The molecule has 1 aromatic carbocycles. The summed E-state index contributed by atoms with van der Waals surface area (Å²) >= 11 is 0. The van der Waals surface area contributed by atoms with Crippen molar-refractivity contribution in [3.05, 3.63) is 36.0 Å². The van der Waals surface area contributed by atoms with Gasteiger partial charge in [-0.05, 0) is 25.1 Å². The third-order valence-corrected chi connectivity index (χ3v) is 2.93. The van der Waals surface area contributed by atoms with E-state index in [9.17, 15) is 4.21 Å². The number of hydrogen-bond acceptors (Lipinski definition) is 5. The molecule has 94 valence electrons. The highest BCUT2D eigenvalue weighted by Gasteiger charge is 2.02. The number of rotatable bonds is 3. The molecule has 1 heterocycles. The predicted molar refractivity (Wildman–Crippen MR) is 71.5 cm³/mol. The van der Waals surface area contributed by atoms with E-state index >= 15 is 0 Å². The molecule has 1 unspecified atom stereocenters. The van der Waals surface area contributed by atoms with Crippen molar-refractivity contribution >= 4 is 28.4 Å². The lowest BCUT2D eigenvalue weighted by Gasteiger charge is -2.07. The lowest BCUT2D eigenvalue weighted by Crippen LogP contribution is -2.04. The van der Waals surface area contributed by atoms with Crippen molar-refractivity contribution in [2.45, 2.75) is 11.8 Å². The molecule has 0 spiro atoms.